The number of hydrogen-bond acceptors (Lipinski definition) is 3. The number of halogens is 1. The van der Waals surface area contributed by atoms with E-state index >= 15 is 0 Å². The van der Waals surface area contributed by atoms with Gasteiger partial charge in [0.1, 0.15) is 6.10 Å². The van der Waals surface area contributed by atoms with Crippen LogP contribution < -0.4 is 0 Å². The highest BCUT2D eigenvalue weighted by molar-refractivity contribution is 9.09. The van der Waals surface area contributed by atoms with Crippen molar-refractivity contribution in [1.29, 1.82) is 0 Å². The second-order valence-corrected chi connectivity index (χ2v) is 6.37. The summed E-state index contributed by atoms with van der Waals surface area (Å²) in [5.41, 5.74) is 0.616. The Morgan fingerprint density at radius 3 is 2.53 bits per heavy atom. The van der Waals surface area contributed by atoms with E-state index in [1.165, 1.54) is 0 Å². The number of carbonyl (C=O) groups excluding carboxylic acids is 1. The molecule has 0 spiro atoms. The summed E-state index contributed by atoms with van der Waals surface area (Å²) in [7, 11) is 0. The van der Waals surface area contributed by atoms with Gasteiger partial charge in [0.2, 0.25) is 0 Å². The Balaban J connectivity index is 1.62. The lowest BCUT2D eigenvalue weighted by Gasteiger charge is -2.24. The van der Waals surface area contributed by atoms with Crippen molar-refractivity contribution in [2.24, 2.45) is 0 Å². The van der Waals surface area contributed by atoms with Crippen molar-refractivity contribution in [1.82, 2.24) is 0 Å². The number of carbonyl (C=O) groups is 1. The molecular formula is C15H17BrO3. The van der Waals surface area contributed by atoms with E-state index in [0.29, 0.717) is 17.8 Å². The normalized spacial score (nSPS) is 33.7. The summed E-state index contributed by atoms with van der Waals surface area (Å²) in [5.74, 6) is -0.233. The summed E-state index contributed by atoms with van der Waals surface area (Å²) in [5, 5.41) is 0. The molecule has 4 atom stereocenters. The molecule has 0 bridgehead atoms. The van der Waals surface area contributed by atoms with Gasteiger partial charge in [0, 0.05) is 0 Å². The van der Waals surface area contributed by atoms with Gasteiger partial charge < -0.3 is 9.47 Å². The van der Waals surface area contributed by atoms with Gasteiger partial charge in [0.15, 0.2) is 0 Å². The van der Waals surface area contributed by atoms with Crippen molar-refractivity contribution in [3.8, 4) is 0 Å². The highest BCUT2D eigenvalue weighted by Gasteiger charge is 2.41. The van der Waals surface area contributed by atoms with E-state index in [-0.39, 0.29) is 16.9 Å². The Kier molecular flexibility index (Phi) is 3.89. The smallest absolute Gasteiger partial charge is 0.338 e. The first kappa shape index (κ1) is 13.1. The van der Waals surface area contributed by atoms with Gasteiger partial charge >= 0.3 is 5.97 Å². The van der Waals surface area contributed by atoms with E-state index in [1.807, 2.05) is 18.2 Å². The van der Waals surface area contributed by atoms with Crippen LogP contribution in [0.3, 0.4) is 0 Å². The molecule has 0 aromatic heterocycles. The van der Waals surface area contributed by atoms with E-state index in [9.17, 15) is 4.79 Å². The summed E-state index contributed by atoms with van der Waals surface area (Å²) in [6.07, 6.45) is 4.70. The average Bonchev–Trinajstić information content (AvgIpc) is 3.18. The molecule has 19 heavy (non-hydrogen) atoms. The van der Waals surface area contributed by atoms with Crippen molar-refractivity contribution in [2.45, 2.75) is 48.8 Å². The maximum absolute atomic E-state index is 12.1. The maximum Gasteiger partial charge on any atom is 0.338 e. The van der Waals surface area contributed by atoms with Crippen molar-refractivity contribution in [3.63, 3.8) is 0 Å². The number of benzene rings is 1. The Morgan fingerprint density at radius 2 is 1.79 bits per heavy atom. The van der Waals surface area contributed by atoms with Crippen molar-refractivity contribution < 1.29 is 14.3 Å². The van der Waals surface area contributed by atoms with E-state index < -0.39 is 0 Å². The summed E-state index contributed by atoms with van der Waals surface area (Å²) >= 11 is 3.65. The van der Waals surface area contributed by atoms with Gasteiger partial charge in [0.05, 0.1) is 22.6 Å². The highest BCUT2D eigenvalue weighted by atomic mass is 79.9. The van der Waals surface area contributed by atoms with Gasteiger partial charge in [-0.05, 0) is 37.8 Å². The zero-order valence-corrected chi connectivity index (χ0v) is 12.2. The lowest BCUT2D eigenvalue weighted by Crippen LogP contribution is -2.29. The van der Waals surface area contributed by atoms with Crippen LogP contribution in [-0.2, 0) is 9.47 Å². The second-order valence-electron chi connectivity index (χ2n) is 5.19. The molecule has 4 heteroatoms. The molecule has 1 aromatic rings. The van der Waals surface area contributed by atoms with Crippen LogP contribution in [0.1, 0.15) is 36.0 Å². The standard InChI is InChI=1S/C15H17BrO3/c16-11-6-7-13-14(18-13)9-8-12(11)19-15(17)10-4-2-1-3-5-10/h1-5,11-14H,6-9H2/t11-,12-,13-,14+/m1/s1. The number of esters is 1. The number of fused-ring (bicyclic) bond motifs is 1. The van der Waals surface area contributed by atoms with Gasteiger partial charge in [0.25, 0.3) is 0 Å². The molecule has 3 nitrogen and oxygen atoms in total. The first-order valence-electron chi connectivity index (χ1n) is 6.79. The first-order chi connectivity index (χ1) is 9.24. The summed E-state index contributed by atoms with van der Waals surface area (Å²) < 4.78 is 11.2. The molecule has 2 aliphatic rings. The molecule has 3 rings (SSSR count). The fraction of sp³-hybridized carbons (Fsp3) is 0.533. The Hall–Kier alpha value is -0.870. The van der Waals surface area contributed by atoms with Crippen molar-refractivity contribution >= 4 is 21.9 Å². The van der Waals surface area contributed by atoms with Crippen LogP contribution in [-0.4, -0.2) is 29.1 Å². The van der Waals surface area contributed by atoms with E-state index in [0.717, 1.165) is 25.7 Å². The number of ether oxygens (including phenoxy) is 2. The number of hydrogen-bond donors (Lipinski definition) is 0. The van der Waals surface area contributed by atoms with E-state index in [2.05, 4.69) is 15.9 Å². The van der Waals surface area contributed by atoms with Gasteiger partial charge in [-0.1, -0.05) is 34.1 Å². The predicted molar refractivity (Wildman–Crippen MR) is 75.5 cm³/mol. The Bertz CT molecular complexity index is 448. The zero-order valence-electron chi connectivity index (χ0n) is 10.6. The lowest BCUT2D eigenvalue weighted by atomic mass is 9.98. The van der Waals surface area contributed by atoms with E-state index in [1.54, 1.807) is 12.1 Å². The fourth-order valence-electron chi connectivity index (χ4n) is 2.62. The molecule has 0 radical (unpaired) electrons. The van der Waals surface area contributed by atoms with Crippen LogP contribution >= 0.6 is 15.9 Å². The molecule has 102 valence electrons. The largest absolute Gasteiger partial charge is 0.458 e. The molecule has 1 heterocycles. The Morgan fingerprint density at radius 1 is 1.11 bits per heavy atom. The Labute approximate surface area is 121 Å². The number of alkyl halides is 1. The maximum atomic E-state index is 12.1. The SMILES string of the molecule is O=C(O[C@@H]1CC[C@@H]2O[C@@H]2CC[C@H]1Br)c1ccccc1. The van der Waals surface area contributed by atoms with Crippen LogP contribution in [0.2, 0.25) is 0 Å². The van der Waals surface area contributed by atoms with Crippen LogP contribution in [0.15, 0.2) is 30.3 Å². The summed E-state index contributed by atoms with van der Waals surface area (Å²) in [6, 6.07) is 9.17. The molecule has 1 aliphatic carbocycles. The fourth-order valence-corrected chi connectivity index (χ4v) is 3.25. The lowest BCUT2D eigenvalue weighted by molar-refractivity contribution is 0.0264. The monoisotopic (exact) mass is 324 g/mol. The molecule has 1 aliphatic heterocycles. The number of rotatable bonds is 2. The zero-order chi connectivity index (χ0) is 13.2. The third kappa shape index (κ3) is 3.18. The first-order valence-corrected chi connectivity index (χ1v) is 7.71. The second kappa shape index (κ2) is 5.63. The van der Waals surface area contributed by atoms with Crippen LogP contribution in [0, 0.1) is 0 Å². The minimum absolute atomic E-state index is 0.0575. The quantitative estimate of drug-likeness (QED) is 0.476. The van der Waals surface area contributed by atoms with E-state index in [4.69, 9.17) is 9.47 Å². The third-order valence-electron chi connectivity index (χ3n) is 3.82. The molecule has 0 unspecified atom stereocenters. The topological polar surface area (TPSA) is 38.8 Å². The van der Waals surface area contributed by atoms with Gasteiger partial charge in [-0.15, -0.1) is 0 Å². The van der Waals surface area contributed by atoms with Gasteiger partial charge in [-0.2, -0.15) is 0 Å². The molecule has 1 saturated heterocycles. The van der Waals surface area contributed by atoms with Crippen molar-refractivity contribution in [2.75, 3.05) is 0 Å². The predicted octanol–water partition coefficient (Wildman–Crippen LogP) is 3.32. The van der Waals surface area contributed by atoms with Crippen LogP contribution in [0.25, 0.3) is 0 Å². The molecule has 1 aromatic carbocycles. The highest BCUT2D eigenvalue weighted by Crippen LogP contribution is 2.37. The molecule has 1 saturated carbocycles. The third-order valence-corrected chi connectivity index (χ3v) is 4.87. The van der Waals surface area contributed by atoms with Crippen molar-refractivity contribution in [3.05, 3.63) is 35.9 Å². The average molecular weight is 325 g/mol. The summed E-state index contributed by atoms with van der Waals surface area (Å²) in [6.45, 7) is 0. The van der Waals surface area contributed by atoms with Crippen LogP contribution in [0.4, 0.5) is 0 Å². The molecule has 0 amide bonds. The molecule has 2 fully saturated rings. The van der Waals surface area contributed by atoms with Gasteiger partial charge in [-0.3, -0.25) is 0 Å². The van der Waals surface area contributed by atoms with Gasteiger partial charge in [-0.25, -0.2) is 4.79 Å². The molecule has 0 N–H and O–H groups in total. The summed E-state index contributed by atoms with van der Waals surface area (Å²) in [4.78, 5) is 12.3. The minimum Gasteiger partial charge on any atom is -0.458 e. The molecular weight excluding hydrogens is 308 g/mol. The minimum atomic E-state index is -0.233. The van der Waals surface area contributed by atoms with Crippen LogP contribution in [0.5, 0.6) is 0 Å². The number of epoxide rings is 1.